The third kappa shape index (κ3) is 3.91. The summed E-state index contributed by atoms with van der Waals surface area (Å²) in [7, 11) is 1.78. The van der Waals surface area contributed by atoms with Gasteiger partial charge in [0.25, 0.3) is 0 Å². The van der Waals surface area contributed by atoms with Gasteiger partial charge in [0.2, 0.25) is 0 Å². The first-order valence-corrected chi connectivity index (χ1v) is 3.08. The van der Waals surface area contributed by atoms with Crippen LogP contribution in [0.25, 0.3) is 0 Å². The maximum atomic E-state index is 10.1. The predicted molar refractivity (Wildman–Crippen MR) is 38.3 cm³/mol. The Bertz CT molecular complexity index is 90.9. The lowest BCUT2D eigenvalue weighted by Gasteiger charge is -2.04. The summed E-state index contributed by atoms with van der Waals surface area (Å²) in [4.78, 5) is 10.1. The molecule has 0 aromatic rings. The second-order valence-electron chi connectivity index (χ2n) is 1.90. The van der Waals surface area contributed by atoms with E-state index in [1.807, 2.05) is 6.08 Å². The number of hydrogen-bond acceptors (Lipinski definition) is 2. The van der Waals surface area contributed by atoms with Crippen molar-refractivity contribution in [2.75, 3.05) is 7.05 Å². The Morgan fingerprint density at radius 2 is 2.44 bits per heavy atom. The SMILES string of the molecule is C=CCCC(C=O)NC. The minimum absolute atomic E-state index is 0.00278. The number of rotatable bonds is 5. The normalized spacial score (nSPS) is 12.6. The number of likely N-dealkylation sites (N-methyl/N-ethyl adjacent to an activating group) is 1. The Morgan fingerprint density at radius 1 is 1.78 bits per heavy atom. The molecule has 0 radical (unpaired) electrons. The fraction of sp³-hybridized carbons (Fsp3) is 0.571. The van der Waals surface area contributed by atoms with Gasteiger partial charge in [0.05, 0.1) is 6.04 Å². The van der Waals surface area contributed by atoms with Crippen molar-refractivity contribution in [2.45, 2.75) is 18.9 Å². The van der Waals surface area contributed by atoms with Crippen LogP contribution in [0.2, 0.25) is 0 Å². The molecule has 0 rings (SSSR count). The molecular weight excluding hydrogens is 114 g/mol. The van der Waals surface area contributed by atoms with Gasteiger partial charge in [-0.05, 0) is 19.9 Å². The van der Waals surface area contributed by atoms with Gasteiger partial charge in [0, 0.05) is 0 Å². The van der Waals surface area contributed by atoms with E-state index in [0.717, 1.165) is 19.1 Å². The van der Waals surface area contributed by atoms with E-state index in [1.54, 1.807) is 7.05 Å². The van der Waals surface area contributed by atoms with E-state index in [2.05, 4.69) is 11.9 Å². The molecule has 0 aromatic carbocycles. The van der Waals surface area contributed by atoms with Crippen LogP contribution < -0.4 is 5.32 Å². The maximum absolute atomic E-state index is 10.1. The van der Waals surface area contributed by atoms with E-state index in [4.69, 9.17) is 0 Å². The molecule has 0 aromatic heterocycles. The Morgan fingerprint density at radius 3 is 2.78 bits per heavy atom. The first-order chi connectivity index (χ1) is 4.35. The summed E-state index contributed by atoms with van der Waals surface area (Å²) < 4.78 is 0. The van der Waals surface area contributed by atoms with Gasteiger partial charge in [-0.3, -0.25) is 0 Å². The molecule has 0 spiro atoms. The minimum Gasteiger partial charge on any atom is -0.311 e. The van der Waals surface area contributed by atoms with E-state index in [9.17, 15) is 4.79 Å². The van der Waals surface area contributed by atoms with Crippen LogP contribution in [0.5, 0.6) is 0 Å². The van der Waals surface area contributed by atoms with Crippen molar-refractivity contribution in [1.82, 2.24) is 5.32 Å². The van der Waals surface area contributed by atoms with Crippen LogP contribution in [0.15, 0.2) is 12.7 Å². The van der Waals surface area contributed by atoms with Crippen molar-refractivity contribution >= 4 is 6.29 Å². The van der Waals surface area contributed by atoms with Crippen LogP contribution in [-0.2, 0) is 4.79 Å². The number of allylic oxidation sites excluding steroid dienone is 1. The largest absolute Gasteiger partial charge is 0.311 e. The van der Waals surface area contributed by atoms with Gasteiger partial charge in [-0.25, -0.2) is 0 Å². The zero-order valence-electron chi connectivity index (χ0n) is 5.76. The smallest absolute Gasteiger partial charge is 0.136 e. The number of nitrogens with one attached hydrogen (secondary N) is 1. The van der Waals surface area contributed by atoms with E-state index < -0.39 is 0 Å². The van der Waals surface area contributed by atoms with Gasteiger partial charge in [-0.2, -0.15) is 0 Å². The van der Waals surface area contributed by atoms with Crippen LogP contribution in [0.1, 0.15) is 12.8 Å². The van der Waals surface area contributed by atoms with Gasteiger partial charge >= 0.3 is 0 Å². The van der Waals surface area contributed by atoms with Crippen molar-refractivity contribution in [2.24, 2.45) is 0 Å². The topological polar surface area (TPSA) is 29.1 Å². The molecule has 0 fully saturated rings. The number of hydrogen-bond donors (Lipinski definition) is 1. The van der Waals surface area contributed by atoms with Gasteiger partial charge in [-0.15, -0.1) is 6.58 Å². The Labute approximate surface area is 56.0 Å². The summed E-state index contributed by atoms with van der Waals surface area (Å²) in [6, 6.07) is 0.00278. The van der Waals surface area contributed by atoms with Crippen molar-refractivity contribution in [3.63, 3.8) is 0 Å². The second kappa shape index (κ2) is 5.51. The Kier molecular flexibility index (Phi) is 5.12. The van der Waals surface area contributed by atoms with E-state index in [-0.39, 0.29) is 6.04 Å². The summed E-state index contributed by atoms with van der Waals surface area (Å²) in [5.41, 5.74) is 0. The Hall–Kier alpha value is -0.630. The third-order valence-electron chi connectivity index (χ3n) is 1.22. The number of carbonyl (C=O) groups excluding carboxylic acids is 1. The van der Waals surface area contributed by atoms with E-state index in [1.165, 1.54) is 0 Å². The van der Waals surface area contributed by atoms with E-state index in [0.29, 0.717) is 0 Å². The molecule has 1 unspecified atom stereocenters. The molecule has 0 aliphatic heterocycles. The summed E-state index contributed by atoms with van der Waals surface area (Å²) >= 11 is 0. The molecule has 52 valence electrons. The molecule has 0 bridgehead atoms. The molecule has 0 heterocycles. The average molecular weight is 127 g/mol. The summed E-state index contributed by atoms with van der Waals surface area (Å²) in [5, 5.41) is 2.87. The third-order valence-corrected chi connectivity index (χ3v) is 1.22. The lowest BCUT2D eigenvalue weighted by molar-refractivity contribution is -0.109. The van der Waals surface area contributed by atoms with Gasteiger partial charge < -0.3 is 10.1 Å². The lowest BCUT2D eigenvalue weighted by atomic mass is 10.2. The average Bonchev–Trinajstić information content (AvgIpc) is 1.91. The van der Waals surface area contributed by atoms with Crippen molar-refractivity contribution in [3.8, 4) is 0 Å². The zero-order chi connectivity index (χ0) is 7.11. The monoisotopic (exact) mass is 127 g/mol. The molecule has 1 atom stereocenters. The van der Waals surface area contributed by atoms with Crippen molar-refractivity contribution in [1.29, 1.82) is 0 Å². The highest BCUT2D eigenvalue weighted by atomic mass is 16.1. The highest BCUT2D eigenvalue weighted by Crippen LogP contribution is 1.92. The second-order valence-corrected chi connectivity index (χ2v) is 1.90. The first kappa shape index (κ1) is 8.37. The fourth-order valence-corrected chi connectivity index (χ4v) is 0.578. The highest BCUT2D eigenvalue weighted by molar-refractivity contribution is 5.57. The molecule has 9 heavy (non-hydrogen) atoms. The molecule has 0 saturated carbocycles. The number of carbonyl (C=O) groups is 1. The summed E-state index contributed by atoms with van der Waals surface area (Å²) in [6.07, 6.45) is 4.48. The molecular formula is C7H13NO. The number of aldehydes is 1. The highest BCUT2D eigenvalue weighted by Gasteiger charge is 1.99. The Balaban J connectivity index is 3.30. The van der Waals surface area contributed by atoms with Crippen LogP contribution >= 0.6 is 0 Å². The molecule has 1 N–H and O–H groups in total. The van der Waals surface area contributed by atoms with Crippen LogP contribution in [0, 0.1) is 0 Å². The predicted octanol–water partition coefficient (Wildman–Crippen LogP) is 0.740. The molecule has 0 saturated heterocycles. The quantitative estimate of drug-likeness (QED) is 0.436. The van der Waals surface area contributed by atoms with Gasteiger partial charge in [-0.1, -0.05) is 6.08 Å². The zero-order valence-corrected chi connectivity index (χ0v) is 5.76. The summed E-state index contributed by atoms with van der Waals surface area (Å²) in [5.74, 6) is 0. The lowest BCUT2D eigenvalue weighted by Crippen LogP contribution is -2.25. The molecule has 2 nitrogen and oxygen atoms in total. The minimum atomic E-state index is 0.00278. The first-order valence-electron chi connectivity index (χ1n) is 3.08. The van der Waals surface area contributed by atoms with Crippen molar-refractivity contribution in [3.05, 3.63) is 12.7 Å². The van der Waals surface area contributed by atoms with Gasteiger partial charge in [0.15, 0.2) is 0 Å². The van der Waals surface area contributed by atoms with Crippen molar-refractivity contribution < 1.29 is 4.79 Å². The van der Waals surface area contributed by atoms with Crippen LogP contribution in [0.4, 0.5) is 0 Å². The maximum Gasteiger partial charge on any atom is 0.136 e. The molecule has 0 amide bonds. The van der Waals surface area contributed by atoms with Crippen LogP contribution in [0.3, 0.4) is 0 Å². The summed E-state index contributed by atoms with van der Waals surface area (Å²) in [6.45, 7) is 3.56. The van der Waals surface area contributed by atoms with E-state index >= 15 is 0 Å². The molecule has 0 aliphatic rings. The molecule has 0 aliphatic carbocycles. The fourth-order valence-electron chi connectivity index (χ4n) is 0.578. The van der Waals surface area contributed by atoms with Crippen LogP contribution in [-0.4, -0.2) is 19.4 Å². The molecule has 2 heteroatoms. The van der Waals surface area contributed by atoms with Gasteiger partial charge in [0.1, 0.15) is 6.29 Å². The standard InChI is InChI=1S/C7H13NO/c1-3-4-5-7(6-9)8-2/h3,6-8H,1,4-5H2,2H3.